The number of anilines is 2. The van der Waals surface area contributed by atoms with Gasteiger partial charge in [0.25, 0.3) is 0 Å². The van der Waals surface area contributed by atoms with E-state index in [1.54, 1.807) is 7.11 Å². The summed E-state index contributed by atoms with van der Waals surface area (Å²) < 4.78 is 5.38. The second-order valence-corrected chi connectivity index (χ2v) is 6.30. The Morgan fingerprint density at radius 2 is 2.10 bits per heavy atom. The van der Waals surface area contributed by atoms with E-state index in [1.165, 1.54) is 18.3 Å². The molecule has 6 heteroatoms. The van der Waals surface area contributed by atoms with E-state index in [2.05, 4.69) is 4.90 Å². The summed E-state index contributed by atoms with van der Waals surface area (Å²) in [5.41, 5.74) is 6.44. The molecule has 20 heavy (non-hydrogen) atoms. The minimum atomic E-state index is -0.264. The average Bonchev–Trinajstić information content (AvgIpc) is 2.75. The summed E-state index contributed by atoms with van der Waals surface area (Å²) >= 11 is 1.40. The van der Waals surface area contributed by atoms with Gasteiger partial charge >= 0.3 is 0 Å². The van der Waals surface area contributed by atoms with Crippen LogP contribution in [0.5, 0.6) is 5.75 Å². The highest BCUT2D eigenvalue weighted by Gasteiger charge is 2.28. The highest BCUT2D eigenvalue weighted by Crippen LogP contribution is 2.45. The van der Waals surface area contributed by atoms with E-state index in [4.69, 9.17) is 10.5 Å². The van der Waals surface area contributed by atoms with Gasteiger partial charge in [0.05, 0.1) is 23.8 Å². The molecular formula is C14H22N2O3S. The number of piperidine rings is 1. The fraction of sp³-hybridized carbons (Fsp3) is 0.643. The number of nitrogen functional groups attached to an aromatic ring is 1. The average molecular weight is 298 g/mol. The largest absolute Gasteiger partial charge is 0.492 e. The van der Waals surface area contributed by atoms with Crippen LogP contribution in [-0.4, -0.2) is 37.2 Å². The maximum atomic E-state index is 11.6. The fourth-order valence-corrected chi connectivity index (χ4v) is 3.81. The molecule has 5 nitrogen and oxygen atoms in total. The molecule has 2 rings (SSSR count). The van der Waals surface area contributed by atoms with Gasteiger partial charge in [-0.05, 0) is 25.7 Å². The van der Waals surface area contributed by atoms with Crippen LogP contribution in [0.4, 0.5) is 10.7 Å². The Labute approximate surface area is 123 Å². The van der Waals surface area contributed by atoms with E-state index in [0.717, 1.165) is 30.9 Å². The van der Waals surface area contributed by atoms with Crippen molar-refractivity contribution in [3.8, 4) is 5.75 Å². The van der Waals surface area contributed by atoms with Crippen LogP contribution in [0.25, 0.3) is 0 Å². The number of rotatable bonds is 4. The first-order valence-electron chi connectivity index (χ1n) is 6.85. The van der Waals surface area contributed by atoms with Crippen LogP contribution in [-0.2, 0) is 0 Å². The molecule has 0 amide bonds. The number of Topliss-reactive ketones (excluding diaryl/α,β-unsaturated/α-hetero) is 1. The number of aliphatic hydroxyl groups excluding tert-OH is 1. The molecule has 0 saturated carbocycles. The third-order valence-electron chi connectivity index (χ3n) is 3.92. The van der Waals surface area contributed by atoms with Gasteiger partial charge in [-0.25, -0.2) is 0 Å². The predicted molar refractivity (Wildman–Crippen MR) is 81.9 cm³/mol. The molecule has 112 valence electrons. The van der Waals surface area contributed by atoms with Gasteiger partial charge in [0.15, 0.2) is 11.5 Å². The van der Waals surface area contributed by atoms with Gasteiger partial charge in [-0.3, -0.25) is 4.79 Å². The minimum Gasteiger partial charge on any atom is -0.492 e. The first-order valence-corrected chi connectivity index (χ1v) is 7.67. The number of nitrogens with two attached hydrogens (primary N) is 1. The second kappa shape index (κ2) is 6.01. The number of hydrogen-bond donors (Lipinski definition) is 2. The number of nitrogens with zero attached hydrogens (tertiary/aromatic N) is 1. The van der Waals surface area contributed by atoms with Crippen molar-refractivity contribution < 1.29 is 14.6 Å². The van der Waals surface area contributed by atoms with Gasteiger partial charge in [0.1, 0.15) is 5.00 Å². The van der Waals surface area contributed by atoms with Gasteiger partial charge in [0, 0.05) is 20.0 Å². The molecule has 1 unspecified atom stereocenters. The molecule has 0 radical (unpaired) electrons. The summed E-state index contributed by atoms with van der Waals surface area (Å²) in [5.74, 6) is 0.924. The van der Waals surface area contributed by atoms with Crippen molar-refractivity contribution >= 4 is 27.8 Å². The Bertz CT molecular complexity index is 491. The van der Waals surface area contributed by atoms with Crippen LogP contribution >= 0.6 is 11.3 Å². The maximum Gasteiger partial charge on any atom is 0.177 e. The van der Waals surface area contributed by atoms with Crippen molar-refractivity contribution in [2.45, 2.75) is 32.8 Å². The number of ketones is 1. The van der Waals surface area contributed by atoms with E-state index in [1.807, 2.05) is 6.92 Å². The molecule has 2 heterocycles. The zero-order valence-corrected chi connectivity index (χ0v) is 13.0. The second-order valence-electron chi connectivity index (χ2n) is 5.30. The van der Waals surface area contributed by atoms with Crippen molar-refractivity contribution in [1.29, 1.82) is 0 Å². The molecule has 0 bridgehead atoms. The van der Waals surface area contributed by atoms with Gasteiger partial charge in [-0.1, -0.05) is 0 Å². The fourth-order valence-electron chi connectivity index (χ4n) is 2.67. The third kappa shape index (κ3) is 2.76. The maximum absolute atomic E-state index is 11.6. The molecule has 1 atom stereocenters. The zero-order valence-electron chi connectivity index (χ0n) is 12.2. The third-order valence-corrected chi connectivity index (χ3v) is 5.26. The van der Waals surface area contributed by atoms with Crippen molar-refractivity contribution in [1.82, 2.24) is 0 Å². The number of thiophene rings is 1. The minimum absolute atomic E-state index is 0.0316. The van der Waals surface area contributed by atoms with E-state index in [-0.39, 0.29) is 11.9 Å². The summed E-state index contributed by atoms with van der Waals surface area (Å²) in [7, 11) is 1.58. The van der Waals surface area contributed by atoms with Gasteiger partial charge in [-0.2, -0.15) is 0 Å². The Morgan fingerprint density at radius 1 is 1.50 bits per heavy atom. The molecule has 1 saturated heterocycles. The Kier molecular flexibility index (Phi) is 4.55. The van der Waals surface area contributed by atoms with Crippen molar-refractivity contribution in [3.05, 3.63) is 4.88 Å². The van der Waals surface area contributed by atoms with E-state index in [9.17, 15) is 9.90 Å². The predicted octanol–water partition coefficient (Wildman–Crippen LogP) is 2.14. The number of ether oxygens (including phenoxy) is 1. The smallest absolute Gasteiger partial charge is 0.177 e. The molecule has 1 aliphatic rings. The lowest BCUT2D eigenvalue weighted by Gasteiger charge is -2.34. The highest BCUT2D eigenvalue weighted by molar-refractivity contribution is 7.19. The monoisotopic (exact) mass is 298 g/mol. The molecule has 3 N–H and O–H groups in total. The Morgan fingerprint density at radius 3 is 2.55 bits per heavy atom. The van der Waals surface area contributed by atoms with Gasteiger partial charge < -0.3 is 20.5 Å². The molecule has 0 spiro atoms. The van der Waals surface area contributed by atoms with Crippen LogP contribution in [0.2, 0.25) is 0 Å². The van der Waals surface area contributed by atoms with Crippen LogP contribution < -0.4 is 15.4 Å². The lowest BCUT2D eigenvalue weighted by atomic mass is 9.92. The quantitative estimate of drug-likeness (QED) is 0.833. The normalized spacial score (nSPS) is 18.1. The molecule has 1 aromatic heterocycles. The van der Waals surface area contributed by atoms with E-state index >= 15 is 0 Å². The molecule has 0 aromatic carbocycles. The summed E-state index contributed by atoms with van der Waals surface area (Å²) in [5, 5.41) is 10.6. The first-order chi connectivity index (χ1) is 9.45. The lowest BCUT2D eigenvalue weighted by Crippen LogP contribution is -2.36. The number of carbonyl (C=O) groups excluding carboxylic acids is 1. The van der Waals surface area contributed by atoms with E-state index in [0.29, 0.717) is 22.2 Å². The number of methoxy groups -OCH3 is 1. The molecule has 0 aliphatic carbocycles. The van der Waals surface area contributed by atoms with E-state index < -0.39 is 0 Å². The molecular weight excluding hydrogens is 276 g/mol. The Hall–Kier alpha value is -1.27. The molecule has 1 aliphatic heterocycles. The number of aliphatic hydroxyl groups is 1. The zero-order chi connectivity index (χ0) is 14.9. The van der Waals surface area contributed by atoms with Gasteiger partial charge in [0.2, 0.25) is 0 Å². The van der Waals surface area contributed by atoms with Gasteiger partial charge in [-0.15, -0.1) is 11.3 Å². The highest BCUT2D eigenvalue weighted by atomic mass is 32.1. The SMILES string of the molecule is COc1c(N2CCC(C(C)O)CC2)sc(C(C)=O)c1N. The summed E-state index contributed by atoms with van der Waals surface area (Å²) in [6.45, 7) is 5.06. The molecule has 1 aromatic rings. The summed E-state index contributed by atoms with van der Waals surface area (Å²) in [6.07, 6.45) is 1.61. The van der Waals surface area contributed by atoms with Crippen LogP contribution in [0.1, 0.15) is 36.4 Å². The number of hydrogen-bond acceptors (Lipinski definition) is 6. The topological polar surface area (TPSA) is 75.8 Å². The Balaban J connectivity index is 2.21. The van der Waals surface area contributed by atoms with Crippen LogP contribution in [0.3, 0.4) is 0 Å². The van der Waals surface area contributed by atoms with Crippen LogP contribution in [0.15, 0.2) is 0 Å². The van der Waals surface area contributed by atoms with Crippen molar-refractivity contribution in [2.24, 2.45) is 5.92 Å². The lowest BCUT2D eigenvalue weighted by molar-refractivity contribution is 0.102. The first kappa shape index (κ1) is 15.1. The number of carbonyl (C=O) groups is 1. The van der Waals surface area contributed by atoms with Crippen molar-refractivity contribution in [3.63, 3.8) is 0 Å². The van der Waals surface area contributed by atoms with Crippen LogP contribution in [0, 0.1) is 5.92 Å². The summed E-state index contributed by atoms with van der Waals surface area (Å²) in [6, 6.07) is 0. The summed E-state index contributed by atoms with van der Waals surface area (Å²) in [4.78, 5) is 14.4. The molecule has 1 fully saturated rings. The van der Waals surface area contributed by atoms with Crippen molar-refractivity contribution in [2.75, 3.05) is 30.8 Å². The standard InChI is InChI=1S/C14H22N2O3S/c1-8(17)10-4-6-16(7-5-10)14-12(19-3)11(15)13(20-14)9(2)18/h8,10,17H,4-7,15H2,1-3H3.